The maximum atomic E-state index is 10.7. The summed E-state index contributed by atoms with van der Waals surface area (Å²) in [7, 11) is 0. The fourth-order valence-electron chi connectivity index (χ4n) is 2.78. The van der Waals surface area contributed by atoms with Gasteiger partial charge in [0, 0.05) is 6.42 Å². The number of aldehydes is 1. The third-order valence-corrected chi connectivity index (χ3v) is 3.45. The van der Waals surface area contributed by atoms with Crippen LogP contribution in [0.1, 0.15) is 47.4 Å². The molecule has 0 radical (unpaired) electrons. The molecule has 0 saturated carbocycles. The van der Waals surface area contributed by atoms with Gasteiger partial charge in [-0.3, -0.25) is 0 Å². The molecule has 0 amide bonds. The molecular weight excluding hydrogens is 184 g/mol. The molecule has 1 heteroatoms. The molecule has 1 aromatic carbocycles. The number of carbonyl (C=O) groups excluding carboxylic acids is 1. The van der Waals surface area contributed by atoms with Crippen molar-refractivity contribution >= 4 is 6.29 Å². The Morgan fingerprint density at radius 1 is 1.40 bits per heavy atom. The molecule has 0 bridgehead atoms. The van der Waals surface area contributed by atoms with Gasteiger partial charge in [0.2, 0.25) is 0 Å². The summed E-state index contributed by atoms with van der Waals surface area (Å²) >= 11 is 0. The zero-order chi connectivity index (χ0) is 10.8. The second-order valence-electron chi connectivity index (χ2n) is 4.64. The molecule has 80 valence electrons. The van der Waals surface area contributed by atoms with Crippen LogP contribution in [0.3, 0.4) is 0 Å². The van der Waals surface area contributed by atoms with Gasteiger partial charge in [-0.2, -0.15) is 0 Å². The highest BCUT2D eigenvalue weighted by Crippen LogP contribution is 2.35. The van der Waals surface area contributed by atoms with Gasteiger partial charge in [0.1, 0.15) is 6.29 Å². The summed E-state index contributed by atoms with van der Waals surface area (Å²) in [6.45, 7) is 4.33. The lowest BCUT2D eigenvalue weighted by Gasteiger charge is -2.26. The lowest BCUT2D eigenvalue weighted by molar-refractivity contribution is -0.108. The van der Waals surface area contributed by atoms with Gasteiger partial charge < -0.3 is 4.79 Å². The number of carbonyl (C=O) groups is 1. The second-order valence-corrected chi connectivity index (χ2v) is 4.64. The molecule has 1 aromatic rings. The fourth-order valence-corrected chi connectivity index (χ4v) is 2.78. The van der Waals surface area contributed by atoms with E-state index in [1.165, 1.54) is 41.5 Å². The molecule has 0 aromatic heterocycles. The molecule has 15 heavy (non-hydrogen) atoms. The van der Waals surface area contributed by atoms with Crippen molar-refractivity contribution in [1.82, 2.24) is 0 Å². The quantitative estimate of drug-likeness (QED) is 0.672. The van der Waals surface area contributed by atoms with Crippen molar-refractivity contribution in [1.29, 1.82) is 0 Å². The number of rotatable bonds is 2. The van der Waals surface area contributed by atoms with E-state index >= 15 is 0 Å². The van der Waals surface area contributed by atoms with Crippen molar-refractivity contribution in [2.45, 2.75) is 45.4 Å². The first kappa shape index (κ1) is 10.4. The van der Waals surface area contributed by atoms with Crippen LogP contribution in [0, 0.1) is 13.8 Å². The Labute approximate surface area is 91.5 Å². The Balaban J connectivity index is 2.45. The van der Waals surface area contributed by atoms with Gasteiger partial charge in [-0.25, -0.2) is 0 Å². The predicted molar refractivity (Wildman–Crippen MR) is 62.3 cm³/mol. The fraction of sp³-hybridized carbons (Fsp3) is 0.500. The molecule has 0 spiro atoms. The summed E-state index contributed by atoms with van der Waals surface area (Å²) in [6, 6.07) is 4.53. The van der Waals surface area contributed by atoms with Crippen LogP contribution in [0.5, 0.6) is 0 Å². The van der Waals surface area contributed by atoms with Crippen LogP contribution in [-0.2, 0) is 11.2 Å². The number of aryl methyl sites for hydroxylation is 2. The first-order valence-corrected chi connectivity index (χ1v) is 5.76. The SMILES string of the molecule is Cc1cc(C)c2c(c1)C(CC=O)CCC2. The maximum absolute atomic E-state index is 10.7. The summed E-state index contributed by atoms with van der Waals surface area (Å²) in [5.74, 6) is 0.477. The lowest BCUT2D eigenvalue weighted by atomic mass is 9.79. The zero-order valence-electron chi connectivity index (χ0n) is 9.55. The van der Waals surface area contributed by atoms with E-state index in [1.807, 2.05) is 0 Å². The van der Waals surface area contributed by atoms with Crippen molar-refractivity contribution < 1.29 is 4.79 Å². The molecule has 1 atom stereocenters. The first-order valence-electron chi connectivity index (χ1n) is 5.76. The van der Waals surface area contributed by atoms with Crippen LogP contribution in [-0.4, -0.2) is 6.29 Å². The lowest BCUT2D eigenvalue weighted by Crippen LogP contribution is -2.12. The highest BCUT2D eigenvalue weighted by atomic mass is 16.1. The molecule has 0 aliphatic heterocycles. The number of benzene rings is 1. The molecule has 1 nitrogen and oxygen atoms in total. The van der Waals surface area contributed by atoms with E-state index in [1.54, 1.807) is 0 Å². The standard InChI is InChI=1S/C14H18O/c1-10-8-11(2)13-5-3-4-12(6-7-15)14(13)9-10/h7-9,12H,3-6H2,1-2H3. The molecule has 0 N–H and O–H groups in total. The highest BCUT2D eigenvalue weighted by Gasteiger charge is 2.21. The largest absolute Gasteiger partial charge is 0.303 e. The highest BCUT2D eigenvalue weighted by molar-refractivity contribution is 5.53. The number of fused-ring (bicyclic) bond motifs is 1. The van der Waals surface area contributed by atoms with Crippen molar-refractivity contribution in [3.8, 4) is 0 Å². The first-order chi connectivity index (χ1) is 7.22. The molecular formula is C14H18O. The van der Waals surface area contributed by atoms with Crippen LogP contribution < -0.4 is 0 Å². The van der Waals surface area contributed by atoms with Crippen molar-refractivity contribution in [3.63, 3.8) is 0 Å². The van der Waals surface area contributed by atoms with E-state index < -0.39 is 0 Å². The second kappa shape index (κ2) is 4.18. The molecule has 0 heterocycles. The summed E-state index contributed by atoms with van der Waals surface area (Å²) < 4.78 is 0. The Hall–Kier alpha value is -1.11. The number of hydrogen-bond donors (Lipinski definition) is 0. The van der Waals surface area contributed by atoms with Gasteiger partial charge in [0.25, 0.3) is 0 Å². The van der Waals surface area contributed by atoms with Crippen LogP contribution in [0.4, 0.5) is 0 Å². The van der Waals surface area contributed by atoms with Crippen LogP contribution in [0.2, 0.25) is 0 Å². The molecule has 0 saturated heterocycles. The van der Waals surface area contributed by atoms with Crippen LogP contribution in [0.15, 0.2) is 12.1 Å². The topological polar surface area (TPSA) is 17.1 Å². The minimum absolute atomic E-state index is 0.477. The Morgan fingerprint density at radius 3 is 2.93 bits per heavy atom. The monoisotopic (exact) mass is 202 g/mol. The van der Waals surface area contributed by atoms with E-state index in [0.29, 0.717) is 12.3 Å². The zero-order valence-corrected chi connectivity index (χ0v) is 9.55. The Kier molecular flexibility index (Phi) is 2.90. The molecule has 1 aliphatic rings. The van der Waals surface area contributed by atoms with Gasteiger partial charge in [-0.1, -0.05) is 17.7 Å². The van der Waals surface area contributed by atoms with Crippen molar-refractivity contribution in [2.24, 2.45) is 0 Å². The average molecular weight is 202 g/mol. The van der Waals surface area contributed by atoms with E-state index in [2.05, 4.69) is 26.0 Å². The molecule has 0 fully saturated rings. The molecule has 2 rings (SSSR count). The smallest absolute Gasteiger partial charge is 0.120 e. The third-order valence-electron chi connectivity index (χ3n) is 3.45. The predicted octanol–water partition coefficient (Wildman–Crippen LogP) is 3.31. The van der Waals surface area contributed by atoms with E-state index in [9.17, 15) is 4.79 Å². The van der Waals surface area contributed by atoms with Crippen LogP contribution >= 0.6 is 0 Å². The van der Waals surface area contributed by atoms with E-state index in [0.717, 1.165) is 6.29 Å². The summed E-state index contributed by atoms with van der Waals surface area (Å²) in [4.78, 5) is 10.7. The average Bonchev–Trinajstić information content (AvgIpc) is 2.19. The van der Waals surface area contributed by atoms with Gasteiger partial charge in [-0.15, -0.1) is 0 Å². The number of hydrogen-bond acceptors (Lipinski definition) is 1. The third kappa shape index (κ3) is 1.97. The van der Waals surface area contributed by atoms with E-state index in [-0.39, 0.29) is 0 Å². The van der Waals surface area contributed by atoms with Gasteiger partial charge in [-0.05, 0) is 55.7 Å². The van der Waals surface area contributed by atoms with Gasteiger partial charge in [0.05, 0.1) is 0 Å². The maximum Gasteiger partial charge on any atom is 0.120 e. The minimum atomic E-state index is 0.477. The molecule has 1 unspecified atom stereocenters. The summed E-state index contributed by atoms with van der Waals surface area (Å²) in [5.41, 5.74) is 5.66. The molecule has 1 aliphatic carbocycles. The van der Waals surface area contributed by atoms with Crippen LogP contribution in [0.25, 0.3) is 0 Å². The van der Waals surface area contributed by atoms with Crippen molar-refractivity contribution in [3.05, 3.63) is 34.4 Å². The summed E-state index contributed by atoms with van der Waals surface area (Å²) in [6.07, 6.45) is 5.36. The van der Waals surface area contributed by atoms with Gasteiger partial charge >= 0.3 is 0 Å². The Morgan fingerprint density at radius 2 is 2.20 bits per heavy atom. The Bertz CT molecular complexity index is 379. The minimum Gasteiger partial charge on any atom is -0.303 e. The summed E-state index contributed by atoms with van der Waals surface area (Å²) in [5, 5.41) is 0. The van der Waals surface area contributed by atoms with Gasteiger partial charge in [0.15, 0.2) is 0 Å². The van der Waals surface area contributed by atoms with Crippen molar-refractivity contribution in [2.75, 3.05) is 0 Å². The van der Waals surface area contributed by atoms with E-state index in [4.69, 9.17) is 0 Å². The normalized spacial score (nSPS) is 19.7.